The molecular formula is C18H21N3O2. The van der Waals surface area contributed by atoms with Crippen LogP contribution in [0.3, 0.4) is 0 Å². The standard InChI is InChI=1S/C18H21N3O2/c1-21(15-7-4-8-16(12-15)23-2)18(22)13-9-10-19-17(11-13)20-14-5-3-6-14/h4,7-12,14H,3,5-6H2,1-2H3,(H,19,20). The van der Waals surface area contributed by atoms with Crippen LogP contribution in [-0.4, -0.2) is 31.1 Å². The molecule has 1 aromatic heterocycles. The molecule has 2 aromatic rings. The average molecular weight is 311 g/mol. The second-order valence-corrected chi connectivity index (χ2v) is 5.77. The highest BCUT2D eigenvalue weighted by atomic mass is 16.5. The van der Waals surface area contributed by atoms with Gasteiger partial charge < -0.3 is 15.0 Å². The molecule has 0 aliphatic heterocycles. The lowest BCUT2D eigenvalue weighted by atomic mass is 9.93. The lowest BCUT2D eigenvalue weighted by Gasteiger charge is -2.27. The molecule has 0 spiro atoms. The fraction of sp³-hybridized carbons (Fsp3) is 0.333. The SMILES string of the molecule is COc1cccc(N(C)C(=O)c2ccnc(NC3CCC3)c2)c1. The summed E-state index contributed by atoms with van der Waals surface area (Å²) < 4.78 is 5.21. The Kier molecular flexibility index (Phi) is 4.46. The van der Waals surface area contributed by atoms with Crippen molar-refractivity contribution in [2.45, 2.75) is 25.3 Å². The van der Waals surface area contributed by atoms with E-state index in [0.29, 0.717) is 11.6 Å². The Balaban J connectivity index is 1.77. The number of pyridine rings is 1. The summed E-state index contributed by atoms with van der Waals surface area (Å²) in [7, 11) is 3.37. The lowest BCUT2D eigenvalue weighted by Crippen LogP contribution is -2.28. The Morgan fingerprint density at radius 3 is 2.83 bits per heavy atom. The number of aromatic nitrogens is 1. The monoisotopic (exact) mass is 311 g/mol. The Bertz CT molecular complexity index is 698. The summed E-state index contributed by atoms with van der Waals surface area (Å²) in [6, 6.07) is 11.5. The van der Waals surface area contributed by atoms with Gasteiger partial charge in [0.25, 0.3) is 5.91 Å². The van der Waals surface area contributed by atoms with E-state index in [4.69, 9.17) is 4.74 Å². The van der Waals surface area contributed by atoms with Crippen LogP contribution in [0.1, 0.15) is 29.6 Å². The van der Waals surface area contributed by atoms with Gasteiger partial charge in [0.2, 0.25) is 0 Å². The molecule has 1 amide bonds. The van der Waals surface area contributed by atoms with Gasteiger partial charge in [0.15, 0.2) is 0 Å². The summed E-state index contributed by atoms with van der Waals surface area (Å²) in [5.74, 6) is 1.42. The molecule has 0 radical (unpaired) electrons. The second kappa shape index (κ2) is 6.69. The maximum absolute atomic E-state index is 12.7. The molecule has 0 atom stereocenters. The van der Waals surface area contributed by atoms with E-state index in [1.165, 1.54) is 19.3 Å². The number of carbonyl (C=O) groups is 1. The Hall–Kier alpha value is -2.56. The number of carbonyl (C=O) groups excluding carboxylic acids is 1. The third-order valence-corrected chi connectivity index (χ3v) is 4.21. The molecule has 120 valence electrons. The average Bonchev–Trinajstić information content (AvgIpc) is 2.57. The van der Waals surface area contributed by atoms with Crippen LogP contribution in [0.4, 0.5) is 11.5 Å². The zero-order valence-corrected chi connectivity index (χ0v) is 13.5. The van der Waals surface area contributed by atoms with E-state index in [2.05, 4.69) is 10.3 Å². The van der Waals surface area contributed by atoms with Crippen LogP contribution in [0, 0.1) is 0 Å². The maximum Gasteiger partial charge on any atom is 0.258 e. The molecule has 1 N–H and O–H groups in total. The van der Waals surface area contributed by atoms with Gasteiger partial charge in [-0.05, 0) is 43.5 Å². The second-order valence-electron chi connectivity index (χ2n) is 5.77. The van der Waals surface area contributed by atoms with E-state index in [-0.39, 0.29) is 5.91 Å². The van der Waals surface area contributed by atoms with Gasteiger partial charge in [-0.1, -0.05) is 6.07 Å². The van der Waals surface area contributed by atoms with Gasteiger partial charge in [0.1, 0.15) is 11.6 Å². The molecule has 5 heteroatoms. The number of anilines is 2. The van der Waals surface area contributed by atoms with Crippen LogP contribution < -0.4 is 15.0 Å². The van der Waals surface area contributed by atoms with E-state index in [1.807, 2.05) is 30.3 Å². The van der Waals surface area contributed by atoms with Gasteiger partial charge in [-0.25, -0.2) is 4.98 Å². The van der Waals surface area contributed by atoms with Crippen LogP contribution >= 0.6 is 0 Å². The predicted octanol–water partition coefficient (Wildman–Crippen LogP) is 3.33. The molecule has 1 aliphatic rings. The van der Waals surface area contributed by atoms with E-state index in [1.54, 1.807) is 31.3 Å². The van der Waals surface area contributed by atoms with Crippen molar-refractivity contribution in [3.63, 3.8) is 0 Å². The van der Waals surface area contributed by atoms with Gasteiger partial charge in [-0.3, -0.25) is 4.79 Å². The van der Waals surface area contributed by atoms with E-state index >= 15 is 0 Å². The molecule has 0 saturated heterocycles. The molecule has 23 heavy (non-hydrogen) atoms. The van der Waals surface area contributed by atoms with Crippen molar-refractivity contribution in [3.8, 4) is 5.75 Å². The zero-order chi connectivity index (χ0) is 16.2. The highest BCUT2D eigenvalue weighted by Crippen LogP contribution is 2.24. The lowest BCUT2D eigenvalue weighted by molar-refractivity contribution is 0.0993. The Morgan fingerprint density at radius 1 is 1.30 bits per heavy atom. The third-order valence-electron chi connectivity index (χ3n) is 4.21. The number of nitrogens with zero attached hydrogens (tertiary/aromatic N) is 2. The molecule has 1 saturated carbocycles. The minimum Gasteiger partial charge on any atom is -0.497 e. The van der Waals surface area contributed by atoms with E-state index < -0.39 is 0 Å². The van der Waals surface area contributed by atoms with Crippen LogP contribution in [0.2, 0.25) is 0 Å². The summed E-state index contributed by atoms with van der Waals surface area (Å²) in [5.41, 5.74) is 1.41. The summed E-state index contributed by atoms with van der Waals surface area (Å²) in [6.07, 6.45) is 5.27. The minimum atomic E-state index is -0.0719. The maximum atomic E-state index is 12.7. The first kappa shape index (κ1) is 15.3. The van der Waals surface area contributed by atoms with Crippen LogP contribution in [-0.2, 0) is 0 Å². The number of benzene rings is 1. The molecular weight excluding hydrogens is 290 g/mol. The number of ether oxygens (including phenoxy) is 1. The van der Waals surface area contributed by atoms with Crippen molar-refractivity contribution in [2.24, 2.45) is 0 Å². The Labute approximate surface area is 136 Å². The fourth-order valence-electron chi connectivity index (χ4n) is 2.53. The molecule has 0 bridgehead atoms. The van der Waals surface area contributed by atoms with Crippen molar-refractivity contribution in [2.75, 3.05) is 24.4 Å². The van der Waals surface area contributed by atoms with E-state index in [0.717, 1.165) is 17.3 Å². The molecule has 5 nitrogen and oxygen atoms in total. The van der Waals surface area contributed by atoms with Crippen LogP contribution in [0.25, 0.3) is 0 Å². The molecule has 1 aliphatic carbocycles. The number of rotatable bonds is 5. The topological polar surface area (TPSA) is 54.5 Å². The summed E-state index contributed by atoms with van der Waals surface area (Å²) in [5, 5.41) is 3.37. The smallest absolute Gasteiger partial charge is 0.258 e. The van der Waals surface area contributed by atoms with Crippen molar-refractivity contribution >= 4 is 17.4 Å². The van der Waals surface area contributed by atoms with Crippen LogP contribution in [0.5, 0.6) is 5.75 Å². The van der Waals surface area contributed by atoms with Crippen molar-refractivity contribution in [1.82, 2.24) is 4.98 Å². The number of nitrogens with one attached hydrogen (secondary N) is 1. The zero-order valence-electron chi connectivity index (χ0n) is 13.5. The molecule has 1 heterocycles. The number of amides is 1. The van der Waals surface area contributed by atoms with Crippen molar-refractivity contribution in [3.05, 3.63) is 48.2 Å². The molecule has 1 aromatic carbocycles. The normalized spacial score (nSPS) is 14.0. The highest BCUT2D eigenvalue weighted by molar-refractivity contribution is 6.06. The van der Waals surface area contributed by atoms with Gasteiger partial charge in [-0.15, -0.1) is 0 Å². The quantitative estimate of drug-likeness (QED) is 0.920. The first-order valence-corrected chi connectivity index (χ1v) is 7.82. The number of hydrogen-bond acceptors (Lipinski definition) is 4. The number of hydrogen-bond donors (Lipinski definition) is 1. The Morgan fingerprint density at radius 2 is 2.13 bits per heavy atom. The first-order chi connectivity index (χ1) is 11.2. The number of methoxy groups -OCH3 is 1. The van der Waals surface area contributed by atoms with Gasteiger partial charge in [0.05, 0.1) is 7.11 Å². The van der Waals surface area contributed by atoms with E-state index in [9.17, 15) is 4.79 Å². The van der Waals surface area contributed by atoms with Gasteiger partial charge in [0, 0.05) is 36.6 Å². The first-order valence-electron chi connectivity index (χ1n) is 7.82. The van der Waals surface area contributed by atoms with Crippen molar-refractivity contribution < 1.29 is 9.53 Å². The fourth-order valence-corrected chi connectivity index (χ4v) is 2.53. The molecule has 0 unspecified atom stereocenters. The minimum absolute atomic E-state index is 0.0719. The highest BCUT2D eigenvalue weighted by Gasteiger charge is 2.19. The van der Waals surface area contributed by atoms with Crippen LogP contribution in [0.15, 0.2) is 42.6 Å². The summed E-state index contributed by atoms with van der Waals surface area (Å²) in [4.78, 5) is 18.6. The molecule has 1 fully saturated rings. The summed E-state index contributed by atoms with van der Waals surface area (Å²) >= 11 is 0. The van der Waals surface area contributed by atoms with Gasteiger partial charge >= 0.3 is 0 Å². The predicted molar refractivity (Wildman–Crippen MR) is 91.2 cm³/mol. The van der Waals surface area contributed by atoms with Crippen molar-refractivity contribution in [1.29, 1.82) is 0 Å². The largest absolute Gasteiger partial charge is 0.497 e. The van der Waals surface area contributed by atoms with Gasteiger partial charge in [-0.2, -0.15) is 0 Å². The third kappa shape index (κ3) is 3.44. The molecule has 3 rings (SSSR count). The summed E-state index contributed by atoms with van der Waals surface area (Å²) in [6.45, 7) is 0.